The van der Waals surface area contributed by atoms with Crippen LogP contribution in [0.3, 0.4) is 0 Å². The largest absolute Gasteiger partial charge is 0.460 e. The van der Waals surface area contributed by atoms with Crippen LogP contribution in [0.25, 0.3) is 11.3 Å². The monoisotopic (exact) mass is 307 g/mol. The molecule has 0 spiro atoms. The normalized spacial score (nSPS) is 10.3. The van der Waals surface area contributed by atoms with Gasteiger partial charge in [0, 0.05) is 5.56 Å². The molecule has 116 valence electrons. The summed E-state index contributed by atoms with van der Waals surface area (Å²) in [6.07, 6.45) is 6.61. The molecule has 1 N–H and O–H groups in total. The molecule has 2 rings (SSSR count). The fourth-order valence-corrected chi connectivity index (χ4v) is 2.30. The fraction of sp³-hybridized carbons (Fsp3) is 0.444. The Kier molecular flexibility index (Phi) is 8.88. The second-order valence-electron chi connectivity index (χ2n) is 5.22. The highest BCUT2D eigenvalue weighted by atomic mass is 35.5. The van der Waals surface area contributed by atoms with E-state index < -0.39 is 0 Å². The van der Waals surface area contributed by atoms with Gasteiger partial charge in [0.05, 0.1) is 6.54 Å². The van der Waals surface area contributed by atoms with Crippen LogP contribution in [0, 0.1) is 0 Å². The van der Waals surface area contributed by atoms with Gasteiger partial charge in [-0.1, -0.05) is 62.9 Å². The van der Waals surface area contributed by atoms with Gasteiger partial charge < -0.3 is 9.73 Å². The zero-order chi connectivity index (χ0) is 14.0. The van der Waals surface area contributed by atoms with Crippen LogP contribution in [-0.2, 0) is 6.54 Å². The van der Waals surface area contributed by atoms with Gasteiger partial charge >= 0.3 is 0 Å². The highest BCUT2D eigenvalue weighted by Crippen LogP contribution is 2.21. The molecule has 0 fully saturated rings. The Hall–Kier alpha value is -1.25. The summed E-state index contributed by atoms with van der Waals surface area (Å²) in [5.41, 5.74) is 1.14. The first kappa shape index (κ1) is 17.8. The molecule has 0 aliphatic rings. The summed E-state index contributed by atoms with van der Waals surface area (Å²) >= 11 is 0. The lowest BCUT2D eigenvalue weighted by Gasteiger charge is -2.02. The van der Waals surface area contributed by atoms with Crippen LogP contribution >= 0.6 is 12.4 Å². The summed E-state index contributed by atoms with van der Waals surface area (Å²) < 4.78 is 5.85. The smallest absolute Gasteiger partial charge is 0.134 e. The van der Waals surface area contributed by atoms with E-state index in [0.717, 1.165) is 30.2 Å². The molecule has 0 saturated carbocycles. The maximum Gasteiger partial charge on any atom is 0.134 e. The third kappa shape index (κ3) is 6.36. The van der Waals surface area contributed by atoms with E-state index in [2.05, 4.69) is 30.4 Å². The lowest BCUT2D eigenvalue weighted by atomic mass is 10.1. The first-order valence-corrected chi connectivity index (χ1v) is 7.75. The van der Waals surface area contributed by atoms with Gasteiger partial charge in [-0.15, -0.1) is 12.4 Å². The number of hydrogen-bond donors (Lipinski definition) is 1. The van der Waals surface area contributed by atoms with Crippen LogP contribution in [0.2, 0.25) is 0 Å². The standard InChI is InChI=1S/C18H25NO.ClH/c1-2-3-4-5-9-14-19-15-17-12-13-18(20-17)16-10-7-6-8-11-16;/h6-8,10-13,19H,2-5,9,14-15H2,1H3;1H. The Bertz CT molecular complexity index is 481. The first-order chi connectivity index (χ1) is 9.90. The Morgan fingerprint density at radius 2 is 1.67 bits per heavy atom. The Morgan fingerprint density at radius 3 is 2.43 bits per heavy atom. The van der Waals surface area contributed by atoms with Gasteiger partial charge in [0.25, 0.3) is 0 Å². The lowest BCUT2D eigenvalue weighted by molar-refractivity contribution is 0.486. The molecule has 21 heavy (non-hydrogen) atoms. The summed E-state index contributed by atoms with van der Waals surface area (Å²) in [6, 6.07) is 14.3. The summed E-state index contributed by atoms with van der Waals surface area (Å²) in [5.74, 6) is 1.96. The van der Waals surface area contributed by atoms with Gasteiger partial charge in [-0.2, -0.15) is 0 Å². The van der Waals surface area contributed by atoms with Crippen LogP contribution in [0.15, 0.2) is 46.9 Å². The van der Waals surface area contributed by atoms with Crippen molar-refractivity contribution in [3.8, 4) is 11.3 Å². The van der Waals surface area contributed by atoms with Crippen molar-refractivity contribution in [3.05, 3.63) is 48.2 Å². The first-order valence-electron chi connectivity index (χ1n) is 7.75. The van der Waals surface area contributed by atoms with E-state index in [4.69, 9.17) is 4.42 Å². The van der Waals surface area contributed by atoms with Gasteiger partial charge in [-0.3, -0.25) is 0 Å². The molecule has 1 aromatic carbocycles. The number of halogens is 1. The van der Waals surface area contributed by atoms with E-state index in [1.165, 1.54) is 32.1 Å². The van der Waals surface area contributed by atoms with E-state index in [1.807, 2.05) is 24.3 Å². The number of nitrogens with one attached hydrogen (secondary N) is 1. The molecule has 1 heterocycles. The molecule has 0 aliphatic carbocycles. The van der Waals surface area contributed by atoms with E-state index in [1.54, 1.807) is 0 Å². The van der Waals surface area contributed by atoms with Gasteiger partial charge in [0.2, 0.25) is 0 Å². The van der Waals surface area contributed by atoms with Crippen molar-refractivity contribution in [3.63, 3.8) is 0 Å². The molecule has 3 heteroatoms. The Balaban J connectivity index is 0.00000220. The second-order valence-corrected chi connectivity index (χ2v) is 5.22. The van der Waals surface area contributed by atoms with Crippen LogP contribution in [0.5, 0.6) is 0 Å². The molecule has 1 aromatic heterocycles. The van der Waals surface area contributed by atoms with Crippen molar-refractivity contribution < 1.29 is 4.42 Å². The van der Waals surface area contributed by atoms with Gasteiger partial charge in [0.15, 0.2) is 0 Å². The predicted molar refractivity (Wildman–Crippen MR) is 91.9 cm³/mol. The Labute approximate surface area is 134 Å². The molecule has 0 bridgehead atoms. The highest BCUT2D eigenvalue weighted by Gasteiger charge is 2.03. The molecule has 0 radical (unpaired) electrons. The lowest BCUT2D eigenvalue weighted by Crippen LogP contribution is -2.14. The summed E-state index contributed by atoms with van der Waals surface area (Å²) in [6.45, 7) is 4.14. The number of unbranched alkanes of at least 4 members (excludes halogenated alkanes) is 4. The number of benzene rings is 1. The van der Waals surface area contributed by atoms with Crippen LogP contribution < -0.4 is 5.32 Å². The molecular formula is C18H26ClNO. The zero-order valence-electron chi connectivity index (χ0n) is 12.8. The van der Waals surface area contributed by atoms with Crippen molar-refractivity contribution in [2.24, 2.45) is 0 Å². The third-order valence-corrected chi connectivity index (χ3v) is 3.48. The summed E-state index contributed by atoms with van der Waals surface area (Å²) in [5, 5.41) is 3.45. The van der Waals surface area contributed by atoms with Crippen molar-refractivity contribution >= 4 is 12.4 Å². The van der Waals surface area contributed by atoms with Gasteiger partial charge in [-0.25, -0.2) is 0 Å². The molecular weight excluding hydrogens is 282 g/mol. The average molecular weight is 308 g/mol. The molecule has 0 saturated heterocycles. The maximum absolute atomic E-state index is 5.85. The maximum atomic E-state index is 5.85. The van der Waals surface area contributed by atoms with Crippen LogP contribution in [0.1, 0.15) is 44.8 Å². The average Bonchev–Trinajstić information content (AvgIpc) is 2.96. The minimum Gasteiger partial charge on any atom is -0.460 e. The second kappa shape index (κ2) is 10.5. The van der Waals surface area contributed by atoms with Gasteiger partial charge in [-0.05, 0) is 25.1 Å². The molecule has 0 aliphatic heterocycles. The van der Waals surface area contributed by atoms with Gasteiger partial charge in [0.1, 0.15) is 11.5 Å². The quantitative estimate of drug-likeness (QED) is 0.625. The molecule has 0 unspecified atom stereocenters. The van der Waals surface area contributed by atoms with Crippen LogP contribution in [0.4, 0.5) is 0 Å². The van der Waals surface area contributed by atoms with E-state index in [0.29, 0.717) is 0 Å². The van der Waals surface area contributed by atoms with Crippen molar-refractivity contribution in [2.75, 3.05) is 6.54 Å². The van der Waals surface area contributed by atoms with Crippen molar-refractivity contribution in [1.29, 1.82) is 0 Å². The molecule has 2 nitrogen and oxygen atoms in total. The molecule has 2 aromatic rings. The summed E-state index contributed by atoms with van der Waals surface area (Å²) in [7, 11) is 0. The van der Waals surface area contributed by atoms with E-state index in [9.17, 15) is 0 Å². The minimum absolute atomic E-state index is 0. The van der Waals surface area contributed by atoms with Crippen molar-refractivity contribution in [2.45, 2.75) is 45.6 Å². The fourth-order valence-electron chi connectivity index (χ4n) is 2.30. The zero-order valence-corrected chi connectivity index (χ0v) is 13.6. The highest BCUT2D eigenvalue weighted by molar-refractivity contribution is 5.85. The number of furan rings is 1. The van der Waals surface area contributed by atoms with Crippen molar-refractivity contribution in [1.82, 2.24) is 5.32 Å². The molecule has 0 amide bonds. The number of rotatable bonds is 9. The van der Waals surface area contributed by atoms with E-state index in [-0.39, 0.29) is 12.4 Å². The molecule has 0 atom stereocenters. The topological polar surface area (TPSA) is 25.2 Å². The van der Waals surface area contributed by atoms with E-state index >= 15 is 0 Å². The third-order valence-electron chi connectivity index (χ3n) is 3.48. The van der Waals surface area contributed by atoms with Crippen LogP contribution in [-0.4, -0.2) is 6.54 Å². The minimum atomic E-state index is 0. The predicted octanol–water partition coefficient (Wildman–Crippen LogP) is 5.43. The summed E-state index contributed by atoms with van der Waals surface area (Å²) in [4.78, 5) is 0. The Morgan fingerprint density at radius 1 is 0.905 bits per heavy atom. The number of hydrogen-bond acceptors (Lipinski definition) is 2. The SMILES string of the molecule is CCCCCCCNCc1ccc(-c2ccccc2)o1.Cl.